The molecule has 0 aliphatic heterocycles. The van der Waals surface area contributed by atoms with Crippen molar-refractivity contribution in [3.63, 3.8) is 0 Å². The van der Waals surface area contributed by atoms with Gasteiger partial charge in [0, 0.05) is 0 Å². The summed E-state index contributed by atoms with van der Waals surface area (Å²) in [6.45, 7) is 2.22. The van der Waals surface area contributed by atoms with E-state index in [1.807, 2.05) is 0 Å². The highest BCUT2D eigenvalue weighted by Gasteiger charge is 1.98. The van der Waals surface area contributed by atoms with Gasteiger partial charge in [0.05, 0.1) is 7.85 Å². The first-order valence-corrected chi connectivity index (χ1v) is 3.69. The summed E-state index contributed by atoms with van der Waals surface area (Å²) in [6, 6.07) is 0. The van der Waals surface area contributed by atoms with E-state index in [4.69, 9.17) is 0 Å². The Morgan fingerprint density at radius 1 is 1.83 bits per heavy atom. The third-order valence-corrected chi connectivity index (χ3v) is 2.65. The van der Waals surface area contributed by atoms with Crippen molar-refractivity contribution in [1.82, 2.24) is 0 Å². The van der Waals surface area contributed by atoms with Gasteiger partial charge in [0.25, 0.3) is 0 Å². The summed E-state index contributed by atoms with van der Waals surface area (Å²) < 4.78 is 0.905. The number of hydrogen-bond donors (Lipinski definition) is 0. The fourth-order valence-corrected chi connectivity index (χ4v) is 0.289. The van der Waals surface area contributed by atoms with Gasteiger partial charge in [0.15, 0.2) is 0 Å². The van der Waals surface area contributed by atoms with E-state index in [0.717, 1.165) is 4.57 Å². The number of rotatable bonds is 2. The van der Waals surface area contributed by atoms with Gasteiger partial charge >= 0.3 is 0 Å². The minimum atomic E-state index is 0.905. The Morgan fingerprint density at radius 2 is 2.33 bits per heavy atom. The van der Waals surface area contributed by atoms with Crippen LogP contribution >= 0.6 is 22.4 Å². The van der Waals surface area contributed by atoms with Gasteiger partial charge in [-0.3, -0.25) is 0 Å². The molecule has 6 heavy (non-hydrogen) atoms. The predicted octanol–water partition coefficient (Wildman–Crippen LogP) is 1.02. The van der Waals surface area contributed by atoms with Crippen LogP contribution in [-0.2, 0) is 0 Å². The van der Waals surface area contributed by atoms with E-state index in [2.05, 4.69) is 37.1 Å². The van der Waals surface area contributed by atoms with Crippen molar-refractivity contribution in [2.75, 3.05) is 0 Å². The lowest BCUT2D eigenvalue weighted by Crippen LogP contribution is -1.96. The first-order valence-electron chi connectivity index (χ1n) is 2.45. The smallest absolute Gasteiger partial charge is 0.151 e. The topological polar surface area (TPSA) is 0 Å². The minimum absolute atomic E-state index is 0.905. The molecule has 0 aromatic rings. The maximum Gasteiger partial charge on any atom is 0.209 e. The van der Waals surface area contributed by atoms with E-state index in [9.17, 15) is 0 Å². The SMILES string of the molecule is BCB(I)CC. The second-order valence-electron chi connectivity index (χ2n) is 1.41. The van der Waals surface area contributed by atoms with Gasteiger partial charge in [0.2, 0.25) is 4.57 Å². The van der Waals surface area contributed by atoms with Crippen molar-refractivity contribution >= 4 is 34.8 Å². The Morgan fingerprint density at radius 3 is 2.33 bits per heavy atom. The van der Waals surface area contributed by atoms with Gasteiger partial charge < -0.3 is 0 Å². The molecule has 0 radical (unpaired) electrons. The van der Waals surface area contributed by atoms with Crippen molar-refractivity contribution in [3.8, 4) is 0 Å². The Kier molecular flexibility index (Phi) is 4.61. The molecule has 0 amide bonds. The van der Waals surface area contributed by atoms with E-state index >= 15 is 0 Å². The molecule has 0 saturated heterocycles. The van der Waals surface area contributed by atoms with Gasteiger partial charge in [-0.05, 0) is 0 Å². The third kappa shape index (κ3) is 3.07. The van der Waals surface area contributed by atoms with Crippen LogP contribution in [0.25, 0.3) is 0 Å². The lowest BCUT2D eigenvalue weighted by molar-refractivity contribution is 1.44. The summed E-state index contributed by atoms with van der Waals surface area (Å²) >= 11 is 2.47. The highest BCUT2D eigenvalue weighted by molar-refractivity contribution is 14.1. The fraction of sp³-hybridized carbons (Fsp3) is 1.00. The summed E-state index contributed by atoms with van der Waals surface area (Å²) in [4.78, 5) is 0. The first kappa shape index (κ1) is 6.86. The van der Waals surface area contributed by atoms with Gasteiger partial charge in [-0.15, -0.1) is 0 Å². The summed E-state index contributed by atoms with van der Waals surface area (Å²) in [5.41, 5.74) is 0. The maximum absolute atomic E-state index is 2.47. The van der Waals surface area contributed by atoms with Crippen molar-refractivity contribution in [2.24, 2.45) is 0 Å². The molecule has 0 rings (SSSR count). The molecule has 0 bridgehead atoms. The average Bonchev–Trinajstić information content (AvgIpc) is 1.65. The van der Waals surface area contributed by atoms with Crippen LogP contribution in [0.2, 0.25) is 12.5 Å². The van der Waals surface area contributed by atoms with Crippen LogP contribution < -0.4 is 0 Å². The van der Waals surface area contributed by atoms with Crippen molar-refractivity contribution in [3.05, 3.63) is 0 Å². The van der Waals surface area contributed by atoms with Gasteiger partial charge in [-0.1, -0.05) is 19.5 Å². The first-order chi connectivity index (χ1) is 2.81. The van der Waals surface area contributed by atoms with Crippen molar-refractivity contribution in [1.29, 1.82) is 0 Å². The van der Waals surface area contributed by atoms with E-state index in [-0.39, 0.29) is 0 Å². The molecule has 0 saturated carbocycles. The lowest BCUT2D eigenvalue weighted by atomic mass is 9.64. The molecule has 0 aromatic carbocycles. The number of hydrogen-bond acceptors (Lipinski definition) is 0. The summed E-state index contributed by atoms with van der Waals surface area (Å²) in [5, 5.41) is 0. The lowest BCUT2D eigenvalue weighted by Gasteiger charge is -1.90. The molecule has 0 aliphatic rings. The molecule has 0 nitrogen and oxygen atoms in total. The molecule has 0 unspecified atom stereocenters. The molecular formula is C3H9B2I. The van der Waals surface area contributed by atoms with Crippen molar-refractivity contribution < 1.29 is 0 Å². The normalized spacial score (nSPS) is 8.33. The van der Waals surface area contributed by atoms with E-state index < -0.39 is 0 Å². The quantitative estimate of drug-likeness (QED) is 0.454. The zero-order valence-electron chi connectivity index (χ0n) is 4.37. The van der Waals surface area contributed by atoms with Gasteiger partial charge in [0.1, 0.15) is 0 Å². The van der Waals surface area contributed by atoms with Crippen LogP contribution in [0.15, 0.2) is 0 Å². The Labute approximate surface area is 54.4 Å². The second kappa shape index (κ2) is 4.03. The van der Waals surface area contributed by atoms with E-state index in [0.29, 0.717) is 0 Å². The van der Waals surface area contributed by atoms with Crippen LogP contribution in [0.3, 0.4) is 0 Å². The highest BCUT2D eigenvalue weighted by Crippen LogP contribution is 2.02. The van der Waals surface area contributed by atoms with E-state index in [1.54, 1.807) is 0 Å². The largest absolute Gasteiger partial charge is 0.209 e. The van der Waals surface area contributed by atoms with Crippen LogP contribution in [0, 0.1) is 0 Å². The molecule has 0 spiro atoms. The monoisotopic (exact) mass is 194 g/mol. The Balaban J connectivity index is 2.75. The Hall–Kier alpha value is 0.860. The second-order valence-corrected chi connectivity index (χ2v) is 3.18. The van der Waals surface area contributed by atoms with Crippen LogP contribution in [0.4, 0.5) is 0 Å². The van der Waals surface area contributed by atoms with E-state index in [1.165, 1.54) is 12.5 Å². The standard InChI is InChI=1S/C3H9B2I/c1-2-5(6)3-4/h2-4H2,1H3. The zero-order valence-corrected chi connectivity index (χ0v) is 6.53. The van der Waals surface area contributed by atoms with Gasteiger partial charge in [-0.2, -0.15) is 22.4 Å². The molecule has 0 N–H and O–H groups in total. The predicted molar refractivity (Wildman–Crippen MR) is 43.6 cm³/mol. The molecule has 0 atom stereocenters. The molecule has 0 aliphatic carbocycles. The number of halogens is 1. The fourth-order valence-electron chi connectivity index (χ4n) is 0.289. The summed E-state index contributed by atoms with van der Waals surface area (Å²) in [5.74, 6) is 0. The minimum Gasteiger partial charge on any atom is -0.151 e. The van der Waals surface area contributed by atoms with Crippen LogP contribution in [0.5, 0.6) is 0 Å². The van der Waals surface area contributed by atoms with Crippen LogP contribution in [-0.4, -0.2) is 12.4 Å². The maximum atomic E-state index is 2.47. The zero-order chi connectivity index (χ0) is 4.99. The molecule has 34 valence electrons. The third-order valence-electron chi connectivity index (χ3n) is 0.886. The average molecular weight is 194 g/mol. The van der Waals surface area contributed by atoms with Crippen LogP contribution in [0.1, 0.15) is 6.92 Å². The molecule has 0 fully saturated rings. The molecular weight excluding hydrogens is 185 g/mol. The summed E-state index contributed by atoms with van der Waals surface area (Å²) in [6.07, 6.45) is 2.63. The van der Waals surface area contributed by atoms with Gasteiger partial charge in [-0.25, -0.2) is 0 Å². The highest BCUT2D eigenvalue weighted by atomic mass is 127. The van der Waals surface area contributed by atoms with Crippen molar-refractivity contribution in [2.45, 2.75) is 19.5 Å². The summed E-state index contributed by atoms with van der Waals surface area (Å²) in [7, 11) is 2.22. The molecule has 0 heterocycles. The molecule has 0 aromatic heterocycles. The Bertz CT molecular complexity index is 28.0. The molecule has 3 heteroatoms.